The quantitative estimate of drug-likeness (QED) is 0.493. The summed E-state index contributed by atoms with van der Waals surface area (Å²) >= 11 is 0. The van der Waals surface area contributed by atoms with Gasteiger partial charge in [-0.05, 0) is 36.4 Å². The zero-order valence-corrected chi connectivity index (χ0v) is 17.6. The van der Waals surface area contributed by atoms with Crippen LogP contribution in [-0.4, -0.2) is 32.3 Å². The molecular formula is C23H16F3N5O3. The van der Waals surface area contributed by atoms with Gasteiger partial charge in [-0.2, -0.15) is 23.3 Å². The summed E-state index contributed by atoms with van der Waals surface area (Å²) in [5, 5.41) is 7.03. The van der Waals surface area contributed by atoms with Gasteiger partial charge in [-0.15, -0.1) is 0 Å². The van der Waals surface area contributed by atoms with Crippen molar-refractivity contribution in [3.63, 3.8) is 0 Å². The number of amides is 1. The second-order valence-corrected chi connectivity index (χ2v) is 7.50. The van der Waals surface area contributed by atoms with Crippen LogP contribution in [0.15, 0.2) is 65.6 Å². The molecule has 1 N–H and O–H groups in total. The molecule has 1 aliphatic heterocycles. The van der Waals surface area contributed by atoms with E-state index in [2.05, 4.69) is 15.4 Å². The molecule has 34 heavy (non-hydrogen) atoms. The van der Waals surface area contributed by atoms with Gasteiger partial charge in [0.1, 0.15) is 11.1 Å². The summed E-state index contributed by atoms with van der Waals surface area (Å²) in [6, 6.07) is 11.3. The molecule has 1 aliphatic rings. The maximum atomic E-state index is 13.2. The molecule has 2 aromatic carbocycles. The van der Waals surface area contributed by atoms with E-state index in [1.807, 2.05) is 0 Å². The zero-order valence-electron chi connectivity index (χ0n) is 17.6. The third-order valence-corrected chi connectivity index (χ3v) is 5.43. The normalized spacial score (nSPS) is 13.0. The van der Waals surface area contributed by atoms with Crippen LogP contribution in [0.3, 0.4) is 0 Å². The number of carbonyl (C=O) groups excluding carboxylic acids is 1. The molecule has 0 bridgehead atoms. The number of carbonyl (C=O) groups is 1. The molecular weight excluding hydrogens is 451 g/mol. The minimum Gasteiger partial charge on any atom is -0.497 e. The number of rotatable bonds is 4. The van der Waals surface area contributed by atoms with Crippen LogP contribution in [0.2, 0.25) is 0 Å². The number of alkyl halides is 3. The van der Waals surface area contributed by atoms with Gasteiger partial charge in [0.2, 0.25) is 5.95 Å². The number of aromatic nitrogens is 4. The van der Waals surface area contributed by atoms with Gasteiger partial charge in [-0.1, -0.05) is 18.2 Å². The van der Waals surface area contributed by atoms with Crippen LogP contribution in [0.25, 0.3) is 16.7 Å². The lowest BCUT2D eigenvalue weighted by atomic mass is 10.1. The van der Waals surface area contributed by atoms with Crippen molar-refractivity contribution >= 4 is 28.6 Å². The van der Waals surface area contributed by atoms with Gasteiger partial charge in [0.25, 0.3) is 11.5 Å². The van der Waals surface area contributed by atoms with Crippen LogP contribution in [-0.2, 0) is 12.7 Å². The first-order valence-electron chi connectivity index (χ1n) is 10.1. The van der Waals surface area contributed by atoms with Crippen LogP contribution in [0.4, 0.5) is 19.1 Å². The van der Waals surface area contributed by atoms with Crippen LogP contribution in [0.1, 0.15) is 21.5 Å². The minimum absolute atomic E-state index is 0.00795. The summed E-state index contributed by atoms with van der Waals surface area (Å²) in [6.45, 7) is 0.148. The molecule has 3 heterocycles. The maximum absolute atomic E-state index is 13.2. The third-order valence-electron chi connectivity index (χ3n) is 5.43. The lowest BCUT2D eigenvalue weighted by molar-refractivity contribution is -0.137. The Labute approximate surface area is 189 Å². The topological polar surface area (TPSA) is 91.0 Å². The zero-order chi connectivity index (χ0) is 24.0. The number of ether oxygens (including phenoxy) is 1. The molecule has 0 saturated heterocycles. The maximum Gasteiger partial charge on any atom is 0.416 e. The summed E-state index contributed by atoms with van der Waals surface area (Å²) in [6.07, 6.45) is -1.54. The monoisotopic (exact) mass is 467 g/mol. The van der Waals surface area contributed by atoms with Crippen LogP contribution < -0.4 is 15.6 Å². The Hall–Kier alpha value is -4.41. The van der Waals surface area contributed by atoms with E-state index in [-0.39, 0.29) is 23.4 Å². The summed E-state index contributed by atoms with van der Waals surface area (Å²) in [7, 11) is 1.48. The Balaban J connectivity index is 1.57. The van der Waals surface area contributed by atoms with Crippen LogP contribution in [0, 0.1) is 0 Å². The minimum atomic E-state index is -4.50. The molecule has 1 amide bonds. The van der Waals surface area contributed by atoms with Crippen molar-refractivity contribution in [1.82, 2.24) is 19.3 Å². The van der Waals surface area contributed by atoms with Gasteiger partial charge in [0.05, 0.1) is 24.6 Å². The highest BCUT2D eigenvalue weighted by molar-refractivity contribution is 6.04. The molecule has 2 aromatic heterocycles. The van der Waals surface area contributed by atoms with Crippen molar-refractivity contribution in [1.29, 1.82) is 0 Å². The first-order chi connectivity index (χ1) is 16.3. The highest BCUT2D eigenvalue weighted by atomic mass is 19.4. The lowest BCUT2D eigenvalue weighted by Crippen LogP contribution is -2.25. The molecule has 0 fully saturated rings. The molecule has 0 atom stereocenters. The Bertz CT molecular complexity index is 1540. The fourth-order valence-electron chi connectivity index (χ4n) is 3.81. The van der Waals surface area contributed by atoms with E-state index in [0.717, 1.165) is 12.1 Å². The molecule has 0 radical (unpaired) electrons. The van der Waals surface area contributed by atoms with E-state index in [9.17, 15) is 22.8 Å². The number of methoxy groups -OCH3 is 1. The second-order valence-electron chi connectivity index (χ2n) is 7.50. The van der Waals surface area contributed by atoms with Crippen molar-refractivity contribution in [3.05, 3.63) is 87.8 Å². The number of hydrogen-bond donors (Lipinski definition) is 1. The van der Waals surface area contributed by atoms with Gasteiger partial charge in [0.15, 0.2) is 5.65 Å². The summed E-state index contributed by atoms with van der Waals surface area (Å²) in [5.74, 6) is -0.0275. The third kappa shape index (κ3) is 3.60. The van der Waals surface area contributed by atoms with Gasteiger partial charge in [-0.25, -0.2) is 4.68 Å². The number of hydrogen-bond acceptors (Lipinski definition) is 5. The van der Waals surface area contributed by atoms with Crippen molar-refractivity contribution in [2.24, 2.45) is 0 Å². The molecule has 0 unspecified atom stereocenters. The molecule has 5 rings (SSSR count). The van der Waals surface area contributed by atoms with Gasteiger partial charge < -0.3 is 4.74 Å². The average Bonchev–Trinajstić information content (AvgIpc) is 3.28. The van der Waals surface area contributed by atoms with Crippen molar-refractivity contribution in [2.45, 2.75) is 12.7 Å². The van der Waals surface area contributed by atoms with Gasteiger partial charge in [-0.3, -0.25) is 19.5 Å². The molecule has 8 nitrogen and oxygen atoms in total. The standard InChI is InChI=1S/C23H16F3N5O3/c1-34-16-7-3-5-14(11-16)19(32)28-22-29-20(33)17-12-27-31-18(8-9-30(22)21(17)31)13-4-2-6-15(10-13)23(24,25)26/h2-8,10-12H,9H2,1H3,(H,28,29,32,33). The smallest absolute Gasteiger partial charge is 0.416 e. The number of nitrogens with zero attached hydrogens (tertiary/aromatic N) is 4. The fourth-order valence-corrected chi connectivity index (χ4v) is 3.81. The van der Waals surface area contributed by atoms with E-state index in [4.69, 9.17) is 4.74 Å². The highest BCUT2D eigenvalue weighted by Crippen LogP contribution is 2.33. The largest absolute Gasteiger partial charge is 0.497 e. The number of benzene rings is 2. The van der Waals surface area contributed by atoms with E-state index >= 15 is 0 Å². The lowest BCUT2D eigenvalue weighted by Gasteiger charge is -2.21. The van der Waals surface area contributed by atoms with Crippen LogP contribution >= 0.6 is 0 Å². The molecule has 11 heteroatoms. The highest BCUT2D eigenvalue weighted by Gasteiger charge is 2.31. The predicted molar refractivity (Wildman–Crippen MR) is 118 cm³/mol. The fraction of sp³-hybridized carbons (Fsp3) is 0.130. The van der Waals surface area contributed by atoms with Crippen molar-refractivity contribution in [3.8, 4) is 5.75 Å². The number of halogens is 3. The molecule has 0 aliphatic carbocycles. The number of allylic oxidation sites excluding steroid dienone is 1. The SMILES string of the molecule is COc1cccc(C(=O)Nc2nc(=O)c3cnn4c3n2CC=C4c2cccc(C(F)(F)F)c2)c1. The van der Waals surface area contributed by atoms with Crippen molar-refractivity contribution < 1.29 is 22.7 Å². The van der Waals surface area contributed by atoms with Crippen LogP contribution in [0.5, 0.6) is 5.75 Å². The first-order valence-corrected chi connectivity index (χ1v) is 10.1. The number of anilines is 1. The van der Waals surface area contributed by atoms with Crippen molar-refractivity contribution in [2.75, 3.05) is 12.4 Å². The molecule has 0 saturated carbocycles. The summed E-state index contributed by atoms with van der Waals surface area (Å²) in [4.78, 5) is 29.4. The van der Waals surface area contributed by atoms with E-state index < -0.39 is 23.2 Å². The first kappa shape index (κ1) is 21.4. The Kier molecular flexibility index (Phi) is 4.96. The second kappa shape index (κ2) is 7.87. The van der Waals surface area contributed by atoms with E-state index in [1.54, 1.807) is 28.8 Å². The summed E-state index contributed by atoms with van der Waals surface area (Å²) in [5.41, 5.74) is -0.127. The Morgan fingerprint density at radius 2 is 1.94 bits per heavy atom. The van der Waals surface area contributed by atoms with Gasteiger partial charge in [0, 0.05) is 17.7 Å². The molecule has 172 valence electrons. The number of nitrogens with one attached hydrogen (secondary N) is 1. The predicted octanol–water partition coefficient (Wildman–Crippen LogP) is 3.78. The molecule has 0 spiro atoms. The average molecular weight is 467 g/mol. The molecule has 4 aromatic rings. The summed E-state index contributed by atoms with van der Waals surface area (Å²) < 4.78 is 47.7. The van der Waals surface area contributed by atoms with E-state index in [0.29, 0.717) is 22.7 Å². The van der Waals surface area contributed by atoms with Gasteiger partial charge >= 0.3 is 6.18 Å². The Morgan fingerprint density at radius 1 is 1.15 bits per heavy atom. The Morgan fingerprint density at radius 3 is 2.71 bits per heavy atom. The van der Waals surface area contributed by atoms with E-state index in [1.165, 1.54) is 36.2 Å².